The van der Waals surface area contributed by atoms with Crippen LogP contribution in [0, 0.1) is 0 Å². The van der Waals surface area contributed by atoms with E-state index in [4.69, 9.17) is 0 Å². The number of nitrogens with one attached hydrogen (secondary N) is 1. The van der Waals surface area contributed by atoms with Crippen molar-refractivity contribution in [1.82, 2.24) is 10.2 Å². The Morgan fingerprint density at radius 2 is 2.14 bits per heavy atom. The predicted octanol–water partition coefficient (Wildman–Crippen LogP) is -0.726. The van der Waals surface area contributed by atoms with Crippen molar-refractivity contribution in [3.8, 4) is 0 Å². The molecule has 0 radical (unpaired) electrons. The molecule has 1 spiro atoms. The van der Waals surface area contributed by atoms with Crippen LogP contribution >= 0.6 is 0 Å². The van der Waals surface area contributed by atoms with Gasteiger partial charge in [0.2, 0.25) is 0 Å². The average Bonchev–Trinajstić information content (AvgIpc) is 2.14. The number of nitrogens with zero attached hydrogens (tertiary/aromatic N) is 1. The van der Waals surface area contributed by atoms with E-state index in [2.05, 4.69) is 17.3 Å². The molecule has 0 amide bonds. The molecule has 1 N–H and O–H groups in total. The first kappa shape index (κ1) is 3.87. The summed E-state index contributed by atoms with van der Waals surface area (Å²) in [6.45, 7) is 3.80. The van der Waals surface area contributed by atoms with Gasteiger partial charge >= 0.3 is 0 Å². The summed E-state index contributed by atoms with van der Waals surface area (Å²) < 4.78 is 0. The first-order valence-corrected chi connectivity index (χ1v) is 2.74. The quantitative estimate of drug-likeness (QED) is 0.404. The normalized spacial score (nSPS) is 35.6. The fourth-order valence-electron chi connectivity index (χ4n) is 1.34. The van der Waals surface area contributed by atoms with Crippen LogP contribution in [-0.2, 0) is 0 Å². The monoisotopic (exact) mass is 98.1 g/mol. The molecular weight excluding hydrogens is 88.1 g/mol. The molecule has 0 aromatic heterocycles. The lowest BCUT2D eigenvalue weighted by Gasteiger charge is -2.35. The SMILES string of the molecule is CN1CC2(CN2)C1. The Labute approximate surface area is 43.5 Å². The Bertz CT molecular complexity index is 88.3. The second kappa shape index (κ2) is 0.858. The van der Waals surface area contributed by atoms with Gasteiger partial charge in [-0.15, -0.1) is 0 Å². The highest BCUT2D eigenvalue weighted by Gasteiger charge is 2.50. The number of likely N-dealkylation sites (tertiary alicyclic amines) is 1. The molecule has 0 aromatic carbocycles. The Hall–Kier alpha value is -0.0800. The van der Waals surface area contributed by atoms with Crippen LogP contribution in [0.3, 0.4) is 0 Å². The molecule has 0 aliphatic carbocycles. The summed E-state index contributed by atoms with van der Waals surface area (Å²) in [4.78, 5) is 2.33. The summed E-state index contributed by atoms with van der Waals surface area (Å²) >= 11 is 0. The van der Waals surface area contributed by atoms with Gasteiger partial charge in [-0.3, -0.25) is 0 Å². The lowest BCUT2D eigenvalue weighted by Crippen LogP contribution is -2.53. The van der Waals surface area contributed by atoms with Crippen LogP contribution in [-0.4, -0.2) is 37.1 Å². The standard InChI is InChI=1S/C5H10N2/c1-7-3-5(4-7)2-6-5/h6H,2-4H2,1H3. The van der Waals surface area contributed by atoms with Crippen LogP contribution < -0.4 is 5.32 Å². The van der Waals surface area contributed by atoms with Crippen molar-refractivity contribution < 1.29 is 0 Å². The minimum Gasteiger partial charge on any atom is -0.306 e. The first-order chi connectivity index (χ1) is 3.31. The molecule has 2 aliphatic rings. The lowest BCUT2D eigenvalue weighted by molar-refractivity contribution is 0.169. The molecule has 0 unspecified atom stereocenters. The number of hydrogen-bond acceptors (Lipinski definition) is 2. The summed E-state index contributed by atoms with van der Waals surface area (Å²) in [6.07, 6.45) is 0. The number of hydrogen-bond donors (Lipinski definition) is 1. The van der Waals surface area contributed by atoms with Gasteiger partial charge in [0.15, 0.2) is 0 Å². The van der Waals surface area contributed by atoms with E-state index in [1.54, 1.807) is 0 Å². The van der Waals surface area contributed by atoms with Crippen LogP contribution in [0.4, 0.5) is 0 Å². The highest BCUT2D eigenvalue weighted by molar-refractivity contribution is 5.14. The number of likely N-dealkylation sites (N-methyl/N-ethyl adjacent to an activating group) is 1. The summed E-state index contributed by atoms with van der Waals surface area (Å²) in [5, 5.41) is 3.34. The average molecular weight is 98.1 g/mol. The molecule has 2 heterocycles. The predicted molar refractivity (Wildman–Crippen MR) is 28.2 cm³/mol. The lowest BCUT2D eigenvalue weighted by atomic mass is 10.0. The zero-order chi connectivity index (χ0) is 4.91. The van der Waals surface area contributed by atoms with Crippen LogP contribution in [0.15, 0.2) is 0 Å². The first-order valence-electron chi connectivity index (χ1n) is 2.74. The molecule has 2 nitrogen and oxygen atoms in total. The van der Waals surface area contributed by atoms with E-state index < -0.39 is 0 Å². The molecule has 7 heavy (non-hydrogen) atoms. The Balaban J connectivity index is 1.97. The van der Waals surface area contributed by atoms with Gasteiger partial charge in [0.25, 0.3) is 0 Å². The summed E-state index contributed by atoms with van der Waals surface area (Å²) in [6, 6.07) is 0. The van der Waals surface area contributed by atoms with Crippen molar-refractivity contribution in [1.29, 1.82) is 0 Å². The molecule has 0 bridgehead atoms. The summed E-state index contributed by atoms with van der Waals surface area (Å²) in [5.41, 5.74) is 0.620. The summed E-state index contributed by atoms with van der Waals surface area (Å²) in [5.74, 6) is 0. The van der Waals surface area contributed by atoms with Crippen molar-refractivity contribution in [2.45, 2.75) is 5.54 Å². The highest BCUT2D eigenvalue weighted by atomic mass is 15.4. The molecule has 2 saturated heterocycles. The molecule has 2 fully saturated rings. The van der Waals surface area contributed by atoms with Gasteiger partial charge < -0.3 is 10.2 Å². The van der Waals surface area contributed by atoms with Crippen molar-refractivity contribution in [2.75, 3.05) is 26.7 Å². The van der Waals surface area contributed by atoms with E-state index in [-0.39, 0.29) is 0 Å². The number of rotatable bonds is 0. The van der Waals surface area contributed by atoms with Gasteiger partial charge in [-0.05, 0) is 7.05 Å². The van der Waals surface area contributed by atoms with Crippen LogP contribution in [0.1, 0.15) is 0 Å². The smallest absolute Gasteiger partial charge is 0.0564 e. The van der Waals surface area contributed by atoms with E-state index in [0.717, 1.165) is 0 Å². The van der Waals surface area contributed by atoms with Crippen LogP contribution in [0.5, 0.6) is 0 Å². The largest absolute Gasteiger partial charge is 0.306 e. The highest BCUT2D eigenvalue weighted by Crippen LogP contribution is 2.27. The van der Waals surface area contributed by atoms with Crippen LogP contribution in [0.25, 0.3) is 0 Å². The zero-order valence-corrected chi connectivity index (χ0v) is 4.57. The van der Waals surface area contributed by atoms with Gasteiger partial charge in [-0.1, -0.05) is 0 Å². The summed E-state index contributed by atoms with van der Waals surface area (Å²) in [7, 11) is 2.16. The maximum absolute atomic E-state index is 3.34. The fraction of sp³-hybridized carbons (Fsp3) is 1.00. The molecular formula is C5H10N2. The van der Waals surface area contributed by atoms with Gasteiger partial charge in [0.1, 0.15) is 0 Å². The third kappa shape index (κ3) is 0.409. The molecule has 2 heteroatoms. The zero-order valence-electron chi connectivity index (χ0n) is 4.57. The van der Waals surface area contributed by atoms with E-state index in [9.17, 15) is 0 Å². The van der Waals surface area contributed by atoms with Crippen molar-refractivity contribution >= 4 is 0 Å². The van der Waals surface area contributed by atoms with Crippen molar-refractivity contribution in [2.24, 2.45) is 0 Å². The van der Waals surface area contributed by atoms with Gasteiger partial charge in [-0.2, -0.15) is 0 Å². The van der Waals surface area contributed by atoms with Gasteiger partial charge in [0.05, 0.1) is 5.54 Å². The Morgan fingerprint density at radius 1 is 1.57 bits per heavy atom. The van der Waals surface area contributed by atoms with Gasteiger partial charge in [-0.25, -0.2) is 0 Å². The minimum absolute atomic E-state index is 0.620. The molecule has 0 aromatic rings. The maximum Gasteiger partial charge on any atom is 0.0564 e. The van der Waals surface area contributed by atoms with E-state index in [0.29, 0.717) is 5.54 Å². The van der Waals surface area contributed by atoms with Gasteiger partial charge in [0, 0.05) is 19.6 Å². The second-order valence-corrected chi connectivity index (χ2v) is 2.81. The van der Waals surface area contributed by atoms with Crippen molar-refractivity contribution in [3.05, 3.63) is 0 Å². The van der Waals surface area contributed by atoms with E-state index in [1.165, 1.54) is 19.6 Å². The van der Waals surface area contributed by atoms with Crippen LogP contribution in [0.2, 0.25) is 0 Å². The Morgan fingerprint density at radius 3 is 2.29 bits per heavy atom. The van der Waals surface area contributed by atoms with E-state index in [1.807, 2.05) is 0 Å². The molecule has 2 rings (SSSR count). The molecule has 40 valence electrons. The fourth-order valence-corrected chi connectivity index (χ4v) is 1.34. The molecule has 0 atom stereocenters. The third-order valence-electron chi connectivity index (χ3n) is 1.82. The maximum atomic E-state index is 3.34. The van der Waals surface area contributed by atoms with E-state index >= 15 is 0 Å². The van der Waals surface area contributed by atoms with Crippen molar-refractivity contribution in [3.63, 3.8) is 0 Å². The second-order valence-electron chi connectivity index (χ2n) is 2.81. The molecule has 0 saturated carbocycles. The minimum atomic E-state index is 0.620. The third-order valence-corrected chi connectivity index (χ3v) is 1.82. The molecule has 2 aliphatic heterocycles. The topological polar surface area (TPSA) is 25.2 Å². The Kier molecular flexibility index (Phi) is 0.474.